The molecular weight excluding hydrogens is 295 g/mol. The van der Waals surface area contributed by atoms with Gasteiger partial charge in [-0.2, -0.15) is 13.2 Å². The monoisotopic (exact) mass is 317 g/mol. The van der Waals surface area contributed by atoms with Gasteiger partial charge in [-0.15, -0.1) is 0 Å². The fraction of sp³-hybridized carbons (Fsp3) is 0.571. The third kappa shape index (κ3) is 5.79. The third-order valence-electron chi connectivity index (χ3n) is 3.09. The van der Waals surface area contributed by atoms with Crippen LogP contribution in [0, 0.1) is 0 Å². The van der Waals surface area contributed by atoms with E-state index in [1.807, 2.05) is 18.7 Å². The number of guanidine groups is 1. The van der Waals surface area contributed by atoms with Crippen molar-refractivity contribution in [3.05, 3.63) is 23.9 Å². The zero-order valence-corrected chi connectivity index (χ0v) is 12.8. The molecule has 1 aromatic rings. The average molecular weight is 317 g/mol. The zero-order valence-electron chi connectivity index (χ0n) is 12.8. The fourth-order valence-electron chi connectivity index (χ4n) is 1.80. The fourth-order valence-corrected chi connectivity index (χ4v) is 1.80. The van der Waals surface area contributed by atoms with E-state index in [9.17, 15) is 13.2 Å². The van der Waals surface area contributed by atoms with Gasteiger partial charge in [0.05, 0.1) is 5.56 Å². The molecule has 0 aliphatic rings. The first-order valence-corrected chi connectivity index (χ1v) is 7.20. The summed E-state index contributed by atoms with van der Waals surface area (Å²) in [5.74, 6) is 0.923. The molecule has 0 spiro atoms. The van der Waals surface area contributed by atoms with Crippen molar-refractivity contribution in [3.8, 4) is 0 Å². The van der Waals surface area contributed by atoms with Gasteiger partial charge >= 0.3 is 6.18 Å². The summed E-state index contributed by atoms with van der Waals surface area (Å²) < 4.78 is 37.1. The van der Waals surface area contributed by atoms with Gasteiger partial charge in [0, 0.05) is 32.4 Å². The molecule has 0 radical (unpaired) electrons. The summed E-state index contributed by atoms with van der Waals surface area (Å²) in [5.41, 5.74) is 5.07. The Morgan fingerprint density at radius 1 is 1.32 bits per heavy atom. The number of alkyl halides is 3. The lowest BCUT2D eigenvalue weighted by atomic mass is 10.3. The smallest absolute Gasteiger partial charge is 0.370 e. The van der Waals surface area contributed by atoms with E-state index in [1.54, 1.807) is 0 Å². The van der Waals surface area contributed by atoms with Crippen LogP contribution < -0.4 is 11.1 Å². The Morgan fingerprint density at radius 2 is 2.00 bits per heavy atom. The minimum Gasteiger partial charge on any atom is -0.370 e. The van der Waals surface area contributed by atoms with Gasteiger partial charge in [0.25, 0.3) is 0 Å². The molecule has 3 N–H and O–H groups in total. The van der Waals surface area contributed by atoms with E-state index < -0.39 is 11.7 Å². The molecule has 5 nitrogen and oxygen atoms in total. The van der Waals surface area contributed by atoms with Crippen LogP contribution in [0.15, 0.2) is 23.3 Å². The molecule has 0 saturated heterocycles. The van der Waals surface area contributed by atoms with E-state index in [2.05, 4.69) is 15.3 Å². The summed E-state index contributed by atoms with van der Waals surface area (Å²) in [6.45, 7) is 6.73. The molecule has 1 heterocycles. The van der Waals surface area contributed by atoms with Crippen molar-refractivity contribution in [1.82, 2.24) is 9.88 Å². The maximum absolute atomic E-state index is 12.4. The standard InChI is InChI=1S/C14H22F3N5/c1-3-22(4-2)13(18)20-9-5-8-19-12-7-6-11(10-21-12)14(15,16)17/h6-7,10H,3-5,8-9H2,1-2H3,(H2,18,20)(H,19,21). The number of pyridine rings is 1. The minimum atomic E-state index is -4.36. The average Bonchev–Trinajstić information content (AvgIpc) is 2.47. The van der Waals surface area contributed by atoms with Crippen LogP contribution in [0.1, 0.15) is 25.8 Å². The lowest BCUT2D eigenvalue weighted by molar-refractivity contribution is -0.137. The molecule has 0 unspecified atom stereocenters. The Bertz CT molecular complexity index is 466. The highest BCUT2D eigenvalue weighted by atomic mass is 19.4. The summed E-state index contributed by atoms with van der Waals surface area (Å²) in [6.07, 6.45) is -2.83. The summed E-state index contributed by atoms with van der Waals surface area (Å²) >= 11 is 0. The van der Waals surface area contributed by atoms with Gasteiger partial charge in [0.1, 0.15) is 5.82 Å². The topological polar surface area (TPSA) is 66.5 Å². The molecule has 1 rings (SSSR count). The molecule has 8 heteroatoms. The highest BCUT2D eigenvalue weighted by Gasteiger charge is 2.30. The van der Waals surface area contributed by atoms with Gasteiger partial charge in [0.2, 0.25) is 0 Å². The van der Waals surface area contributed by atoms with Gasteiger partial charge in [-0.05, 0) is 32.4 Å². The van der Waals surface area contributed by atoms with Gasteiger partial charge in [-0.3, -0.25) is 4.99 Å². The molecule has 0 fully saturated rings. The van der Waals surface area contributed by atoms with E-state index in [-0.39, 0.29) is 0 Å². The highest BCUT2D eigenvalue weighted by molar-refractivity contribution is 5.77. The maximum atomic E-state index is 12.4. The van der Waals surface area contributed by atoms with Crippen LogP contribution in [0.25, 0.3) is 0 Å². The Kier molecular flexibility index (Phi) is 6.94. The molecule has 0 aliphatic carbocycles. The van der Waals surface area contributed by atoms with Crippen molar-refractivity contribution < 1.29 is 13.2 Å². The highest BCUT2D eigenvalue weighted by Crippen LogP contribution is 2.28. The van der Waals surface area contributed by atoms with Crippen LogP contribution in [0.3, 0.4) is 0 Å². The second-order valence-electron chi connectivity index (χ2n) is 4.62. The SMILES string of the molecule is CCN(CC)C(N)=NCCCNc1ccc(C(F)(F)F)cn1. The molecule has 22 heavy (non-hydrogen) atoms. The molecule has 0 atom stereocenters. The van der Waals surface area contributed by atoms with Crippen molar-refractivity contribution >= 4 is 11.8 Å². The number of rotatable bonds is 7. The largest absolute Gasteiger partial charge is 0.417 e. The molecule has 0 saturated carbocycles. The number of nitrogens with two attached hydrogens (primary N) is 1. The Morgan fingerprint density at radius 3 is 2.50 bits per heavy atom. The molecular formula is C14H22F3N5. The number of nitrogens with one attached hydrogen (secondary N) is 1. The van der Waals surface area contributed by atoms with Crippen molar-refractivity contribution in [1.29, 1.82) is 0 Å². The second-order valence-corrected chi connectivity index (χ2v) is 4.62. The van der Waals surface area contributed by atoms with Gasteiger partial charge in [0.15, 0.2) is 5.96 Å². The number of halogens is 3. The first-order chi connectivity index (χ1) is 10.4. The minimum absolute atomic E-state index is 0.411. The number of nitrogens with zero attached hydrogens (tertiary/aromatic N) is 3. The maximum Gasteiger partial charge on any atom is 0.417 e. The molecule has 124 valence electrons. The van der Waals surface area contributed by atoms with Crippen molar-refractivity contribution in [2.75, 3.05) is 31.5 Å². The number of anilines is 1. The van der Waals surface area contributed by atoms with Crippen LogP contribution in [0.5, 0.6) is 0 Å². The molecule has 0 aromatic carbocycles. The normalized spacial score (nSPS) is 12.3. The number of hydrogen-bond acceptors (Lipinski definition) is 3. The van der Waals surface area contributed by atoms with E-state index in [0.29, 0.717) is 31.3 Å². The van der Waals surface area contributed by atoms with Gasteiger partial charge in [-0.25, -0.2) is 4.98 Å². The van der Waals surface area contributed by atoms with Gasteiger partial charge < -0.3 is 16.0 Å². The third-order valence-corrected chi connectivity index (χ3v) is 3.09. The Hall–Kier alpha value is -1.99. The number of aliphatic imine (C=N–C) groups is 1. The lowest BCUT2D eigenvalue weighted by Gasteiger charge is -2.19. The van der Waals surface area contributed by atoms with Crippen molar-refractivity contribution in [2.45, 2.75) is 26.4 Å². The van der Waals surface area contributed by atoms with Crippen LogP contribution in [0.2, 0.25) is 0 Å². The molecule has 0 aliphatic heterocycles. The van der Waals surface area contributed by atoms with Crippen LogP contribution in [-0.4, -0.2) is 42.0 Å². The van der Waals surface area contributed by atoms with Gasteiger partial charge in [-0.1, -0.05) is 0 Å². The number of aromatic nitrogens is 1. The quantitative estimate of drug-likeness (QED) is 0.461. The Balaban J connectivity index is 2.35. The first-order valence-electron chi connectivity index (χ1n) is 7.20. The van der Waals surface area contributed by atoms with Crippen molar-refractivity contribution in [3.63, 3.8) is 0 Å². The predicted octanol–water partition coefficient (Wildman–Crippen LogP) is 2.56. The molecule has 1 aromatic heterocycles. The van der Waals surface area contributed by atoms with Crippen LogP contribution in [-0.2, 0) is 6.18 Å². The summed E-state index contributed by atoms with van der Waals surface area (Å²) in [4.78, 5) is 9.94. The van der Waals surface area contributed by atoms with E-state index in [4.69, 9.17) is 5.73 Å². The zero-order chi connectivity index (χ0) is 16.6. The summed E-state index contributed by atoms with van der Waals surface area (Å²) in [6, 6.07) is 2.32. The lowest BCUT2D eigenvalue weighted by Crippen LogP contribution is -2.37. The molecule has 0 amide bonds. The van der Waals surface area contributed by atoms with Crippen molar-refractivity contribution in [2.24, 2.45) is 10.7 Å². The summed E-state index contributed by atoms with van der Waals surface area (Å²) in [5, 5.41) is 2.95. The number of hydrogen-bond donors (Lipinski definition) is 2. The van der Waals surface area contributed by atoms with E-state index in [1.165, 1.54) is 6.07 Å². The second kappa shape index (κ2) is 8.45. The summed E-state index contributed by atoms with van der Waals surface area (Å²) in [7, 11) is 0. The first kappa shape index (κ1) is 18.1. The van der Waals surface area contributed by atoms with Crippen LogP contribution in [0.4, 0.5) is 19.0 Å². The molecule has 0 bridgehead atoms. The Labute approximate surface area is 128 Å². The van der Waals surface area contributed by atoms with E-state index >= 15 is 0 Å². The van der Waals surface area contributed by atoms with Crippen LogP contribution >= 0.6 is 0 Å². The predicted molar refractivity (Wildman–Crippen MR) is 81.8 cm³/mol. The van der Waals surface area contributed by atoms with E-state index in [0.717, 1.165) is 25.4 Å².